The van der Waals surface area contributed by atoms with Crippen molar-refractivity contribution < 1.29 is 4.42 Å². The summed E-state index contributed by atoms with van der Waals surface area (Å²) in [6.07, 6.45) is 3.48. The highest BCUT2D eigenvalue weighted by molar-refractivity contribution is 9.11. The van der Waals surface area contributed by atoms with Crippen LogP contribution in [0.5, 0.6) is 0 Å². The molecule has 80 valence electrons. The lowest BCUT2D eigenvalue weighted by Gasteiger charge is -1.95. The first-order valence-electron chi connectivity index (χ1n) is 4.65. The third kappa shape index (κ3) is 2.60. The number of rotatable bonds is 4. The standard InChI is InChI=1S/C10H11BrN2OS/c1-12-10-13-8(9(11)15-10)5-4-7-3-2-6-14-7/h2-3,6H,4-5H2,1H3,(H,12,13). The second-order valence-corrected chi connectivity index (χ2v) is 5.39. The van der Waals surface area contributed by atoms with Gasteiger partial charge in [-0.05, 0) is 34.5 Å². The van der Waals surface area contributed by atoms with E-state index in [4.69, 9.17) is 4.42 Å². The Kier molecular flexibility index (Phi) is 3.43. The van der Waals surface area contributed by atoms with Crippen molar-refractivity contribution in [1.29, 1.82) is 0 Å². The first-order valence-corrected chi connectivity index (χ1v) is 6.26. The van der Waals surface area contributed by atoms with E-state index >= 15 is 0 Å². The molecular formula is C10H11BrN2OS. The van der Waals surface area contributed by atoms with E-state index in [0.717, 1.165) is 33.2 Å². The van der Waals surface area contributed by atoms with Crippen LogP contribution in [0.2, 0.25) is 0 Å². The molecule has 3 nitrogen and oxygen atoms in total. The molecule has 0 unspecified atom stereocenters. The molecule has 0 aliphatic rings. The van der Waals surface area contributed by atoms with Gasteiger partial charge in [0.15, 0.2) is 5.13 Å². The molecule has 0 aliphatic heterocycles. The van der Waals surface area contributed by atoms with Crippen molar-refractivity contribution in [2.24, 2.45) is 0 Å². The summed E-state index contributed by atoms with van der Waals surface area (Å²) in [4.78, 5) is 4.45. The molecule has 0 bridgehead atoms. The molecule has 2 aromatic heterocycles. The van der Waals surface area contributed by atoms with Gasteiger partial charge in [0.2, 0.25) is 0 Å². The number of anilines is 1. The zero-order valence-corrected chi connectivity index (χ0v) is 10.7. The van der Waals surface area contributed by atoms with Crippen LogP contribution in [0.3, 0.4) is 0 Å². The summed E-state index contributed by atoms with van der Waals surface area (Å²) in [7, 11) is 1.88. The van der Waals surface area contributed by atoms with Gasteiger partial charge in [-0.25, -0.2) is 4.98 Å². The highest BCUT2D eigenvalue weighted by Crippen LogP contribution is 2.28. The number of hydrogen-bond donors (Lipinski definition) is 1. The predicted molar refractivity (Wildman–Crippen MR) is 65.5 cm³/mol. The number of halogens is 1. The average molecular weight is 287 g/mol. The van der Waals surface area contributed by atoms with Gasteiger partial charge >= 0.3 is 0 Å². The molecule has 2 aromatic rings. The number of aromatic nitrogens is 1. The highest BCUT2D eigenvalue weighted by atomic mass is 79.9. The minimum Gasteiger partial charge on any atom is -0.469 e. The zero-order chi connectivity index (χ0) is 10.7. The normalized spacial score (nSPS) is 10.5. The van der Waals surface area contributed by atoms with Gasteiger partial charge in [0.05, 0.1) is 15.7 Å². The third-order valence-corrected chi connectivity index (χ3v) is 3.90. The number of thiazole rings is 1. The lowest BCUT2D eigenvalue weighted by Crippen LogP contribution is -1.92. The summed E-state index contributed by atoms with van der Waals surface area (Å²) in [5, 5.41) is 3.98. The fraction of sp³-hybridized carbons (Fsp3) is 0.300. The number of nitrogens with zero attached hydrogens (tertiary/aromatic N) is 1. The maximum absolute atomic E-state index is 5.27. The Hall–Kier alpha value is -0.810. The van der Waals surface area contributed by atoms with E-state index in [-0.39, 0.29) is 0 Å². The van der Waals surface area contributed by atoms with Crippen LogP contribution in [0.4, 0.5) is 5.13 Å². The van der Waals surface area contributed by atoms with Crippen LogP contribution in [0.25, 0.3) is 0 Å². The minimum absolute atomic E-state index is 0.887. The van der Waals surface area contributed by atoms with E-state index in [1.165, 1.54) is 0 Å². The molecule has 0 saturated carbocycles. The fourth-order valence-corrected chi connectivity index (χ4v) is 2.73. The highest BCUT2D eigenvalue weighted by Gasteiger charge is 2.08. The van der Waals surface area contributed by atoms with E-state index in [1.807, 2.05) is 19.2 Å². The Labute approximate surface area is 101 Å². The topological polar surface area (TPSA) is 38.1 Å². The van der Waals surface area contributed by atoms with Crippen molar-refractivity contribution in [2.75, 3.05) is 12.4 Å². The van der Waals surface area contributed by atoms with Gasteiger partial charge in [-0.2, -0.15) is 0 Å². The monoisotopic (exact) mass is 286 g/mol. The quantitative estimate of drug-likeness (QED) is 0.937. The summed E-state index contributed by atoms with van der Waals surface area (Å²) in [6.45, 7) is 0. The van der Waals surface area contributed by atoms with Crippen LogP contribution in [0.15, 0.2) is 26.6 Å². The molecule has 2 heterocycles. The molecule has 0 fully saturated rings. The van der Waals surface area contributed by atoms with Crippen LogP contribution in [-0.4, -0.2) is 12.0 Å². The maximum Gasteiger partial charge on any atom is 0.183 e. The second-order valence-electron chi connectivity index (χ2n) is 3.07. The Morgan fingerprint density at radius 2 is 2.40 bits per heavy atom. The molecule has 0 saturated heterocycles. The van der Waals surface area contributed by atoms with Gasteiger partial charge in [0, 0.05) is 13.5 Å². The van der Waals surface area contributed by atoms with Gasteiger partial charge in [0.25, 0.3) is 0 Å². The van der Waals surface area contributed by atoms with Crippen LogP contribution >= 0.6 is 27.3 Å². The molecule has 0 amide bonds. The molecule has 1 N–H and O–H groups in total. The van der Waals surface area contributed by atoms with E-state index in [9.17, 15) is 0 Å². The summed E-state index contributed by atoms with van der Waals surface area (Å²) < 4.78 is 6.37. The largest absolute Gasteiger partial charge is 0.469 e. The van der Waals surface area contributed by atoms with E-state index in [1.54, 1.807) is 17.6 Å². The number of furan rings is 1. The van der Waals surface area contributed by atoms with Crippen molar-refractivity contribution >= 4 is 32.4 Å². The van der Waals surface area contributed by atoms with Crippen molar-refractivity contribution in [3.8, 4) is 0 Å². The number of aryl methyl sites for hydroxylation is 2. The smallest absolute Gasteiger partial charge is 0.183 e. The van der Waals surface area contributed by atoms with Crippen LogP contribution in [-0.2, 0) is 12.8 Å². The Morgan fingerprint density at radius 1 is 1.53 bits per heavy atom. The lowest BCUT2D eigenvalue weighted by molar-refractivity contribution is 0.507. The maximum atomic E-state index is 5.27. The Morgan fingerprint density at radius 3 is 3.00 bits per heavy atom. The van der Waals surface area contributed by atoms with E-state index in [2.05, 4.69) is 26.2 Å². The predicted octanol–water partition coefficient (Wildman–Crippen LogP) is 3.33. The molecule has 0 spiro atoms. The molecular weight excluding hydrogens is 276 g/mol. The minimum atomic E-state index is 0.887. The van der Waals surface area contributed by atoms with Crippen LogP contribution < -0.4 is 5.32 Å². The molecule has 2 rings (SSSR count). The van der Waals surface area contributed by atoms with Crippen molar-refractivity contribution in [3.63, 3.8) is 0 Å². The second kappa shape index (κ2) is 4.81. The van der Waals surface area contributed by atoms with Crippen molar-refractivity contribution in [2.45, 2.75) is 12.8 Å². The van der Waals surface area contributed by atoms with Crippen LogP contribution in [0.1, 0.15) is 11.5 Å². The van der Waals surface area contributed by atoms with Crippen molar-refractivity contribution in [3.05, 3.63) is 33.6 Å². The van der Waals surface area contributed by atoms with Gasteiger partial charge in [-0.1, -0.05) is 11.3 Å². The Balaban J connectivity index is 2.01. The number of hydrogen-bond acceptors (Lipinski definition) is 4. The molecule has 0 atom stereocenters. The lowest BCUT2D eigenvalue weighted by atomic mass is 10.2. The van der Waals surface area contributed by atoms with Gasteiger partial charge in [-0.3, -0.25) is 0 Å². The van der Waals surface area contributed by atoms with Crippen molar-refractivity contribution in [1.82, 2.24) is 4.98 Å². The molecule has 0 radical (unpaired) electrons. The summed E-state index contributed by atoms with van der Waals surface area (Å²) in [6, 6.07) is 3.89. The van der Waals surface area contributed by atoms with Gasteiger partial charge < -0.3 is 9.73 Å². The van der Waals surface area contributed by atoms with E-state index < -0.39 is 0 Å². The average Bonchev–Trinajstić information content (AvgIpc) is 2.84. The third-order valence-electron chi connectivity index (χ3n) is 2.05. The summed E-state index contributed by atoms with van der Waals surface area (Å²) >= 11 is 5.12. The molecule has 0 aliphatic carbocycles. The van der Waals surface area contributed by atoms with Crippen LogP contribution in [0, 0.1) is 0 Å². The fourth-order valence-electron chi connectivity index (χ4n) is 1.29. The Bertz CT molecular complexity index is 425. The van der Waals surface area contributed by atoms with Gasteiger partial charge in [0.1, 0.15) is 5.76 Å². The zero-order valence-electron chi connectivity index (χ0n) is 8.29. The van der Waals surface area contributed by atoms with E-state index in [0.29, 0.717) is 0 Å². The van der Waals surface area contributed by atoms with Gasteiger partial charge in [-0.15, -0.1) is 0 Å². The number of nitrogens with one attached hydrogen (secondary N) is 1. The summed E-state index contributed by atoms with van der Waals surface area (Å²) in [5.41, 5.74) is 1.08. The SMILES string of the molecule is CNc1nc(CCc2ccco2)c(Br)s1. The molecule has 5 heteroatoms. The first kappa shape index (κ1) is 10.7. The first-order chi connectivity index (χ1) is 7.29. The molecule has 0 aromatic carbocycles. The summed E-state index contributed by atoms with van der Waals surface area (Å²) in [5.74, 6) is 1.00. The molecule has 15 heavy (non-hydrogen) atoms.